The van der Waals surface area contributed by atoms with Gasteiger partial charge >= 0.3 is 0 Å². The van der Waals surface area contributed by atoms with E-state index in [1.54, 1.807) is 29.1 Å². The Bertz CT molecular complexity index is 932. The Kier molecular flexibility index (Phi) is 4.02. The number of fused-ring (bicyclic) bond motifs is 1. The highest BCUT2D eigenvalue weighted by Gasteiger charge is 2.21. The number of anilines is 1. The van der Waals surface area contributed by atoms with Gasteiger partial charge in [-0.25, -0.2) is 9.67 Å². The summed E-state index contributed by atoms with van der Waals surface area (Å²) >= 11 is 1.21. The zero-order valence-corrected chi connectivity index (χ0v) is 14.0. The van der Waals surface area contributed by atoms with E-state index in [9.17, 15) is 9.59 Å². The Morgan fingerprint density at radius 1 is 1.32 bits per heavy atom. The van der Waals surface area contributed by atoms with Gasteiger partial charge in [-0.3, -0.25) is 14.9 Å². The van der Waals surface area contributed by atoms with Gasteiger partial charge in [0.15, 0.2) is 5.13 Å². The second-order valence-corrected chi connectivity index (χ2v) is 6.61. The van der Waals surface area contributed by atoms with Crippen molar-refractivity contribution in [2.75, 3.05) is 11.9 Å². The fourth-order valence-corrected chi connectivity index (χ4v) is 3.59. The molecule has 2 amide bonds. The lowest BCUT2D eigenvalue weighted by molar-refractivity contribution is 0.0958. The van der Waals surface area contributed by atoms with Gasteiger partial charge in [0, 0.05) is 24.5 Å². The highest BCUT2D eigenvalue weighted by atomic mass is 32.1. The van der Waals surface area contributed by atoms with Crippen LogP contribution in [0, 0.1) is 0 Å². The molecule has 8 heteroatoms. The zero-order chi connectivity index (χ0) is 17.2. The lowest BCUT2D eigenvalue weighted by Crippen LogP contribution is -2.21. The van der Waals surface area contributed by atoms with Crippen LogP contribution < -0.4 is 10.6 Å². The fourth-order valence-electron chi connectivity index (χ4n) is 2.67. The van der Waals surface area contributed by atoms with Crippen molar-refractivity contribution in [3.05, 3.63) is 58.9 Å². The number of benzene rings is 1. The van der Waals surface area contributed by atoms with Crippen LogP contribution in [-0.2, 0) is 6.42 Å². The molecule has 2 N–H and O–H groups in total. The molecule has 0 radical (unpaired) electrons. The Morgan fingerprint density at radius 3 is 3.08 bits per heavy atom. The zero-order valence-electron chi connectivity index (χ0n) is 13.2. The number of nitrogens with zero attached hydrogens (tertiary/aromatic N) is 3. The number of carbonyl (C=O) groups excluding carboxylic acids is 2. The van der Waals surface area contributed by atoms with E-state index < -0.39 is 0 Å². The predicted molar refractivity (Wildman–Crippen MR) is 94.3 cm³/mol. The van der Waals surface area contributed by atoms with E-state index in [0.717, 1.165) is 24.2 Å². The van der Waals surface area contributed by atoms with Crippen molar-refractivity contribution < 1.29 is 9.59 Å². The van der Waals surface area contributed by atoms with E-state index in [2.05, 4.69) is 20.7 Å². The number of hydrogen-bond acceptors (Lipinski definition) is 5. The summed E-state index contributed by atoms with van der Waals surface area (Å²) in [5.41, 5.74) is 2.05. The summed E-state index contributed by atoms with van der Waals surface area (Å²) in [5.74, 6) is -0.385. The maximum atomic E-state index is 12.5. The standard InChI is InChI=1S/C17H15N5O2S/c23-15(11-4-1-5-12(10-11)22-9-3-8-19-22)21-17-20-13-6-2-7-18-16(24)14(13)25-17/h1,3-5,8-10H,2,6-7H2,(H,18,24)(H,20,21,23). The van der Waals surface area contributed by atoms with Crippen molar-refractivity contribution in [3.63, 3.8) is 0 Å². The van der Waals surface area contributed by atoms with Gasteiger partial charge in [-0.05, 0) is 37.1 Å². The third kappa shape index (κ3) is 3.16. The van der Waals surface area contributed by atoms with Crippen LogP contribution in [0.2, 0.25) is 0 Å². The van der Waals surface area contributed by atoms with Crippen LogP contribution in [0.5, 0.6) is 0 Å². The summed E-state index contributed by atoms with van der Waals surface area (Å²) in [6, 6.07) is 8.98. The molecule has 2 aromatic heterocycles. The average Bonchev–Trinajstić information content (AvgIpc) is 3.26. The van der Waals surface area contributed by atoms with E-state index in [4.69, 9.17) is 0 Å². The highest BCUT2D eigenvalue weighted by Crippen LogP contribution is 2.26. The molecule has 0 atom stereocenters. The normalized spacial score (nSPS) is 13.7. The number of amides is 2. The summed E-state index contributed by atoms with van der Waals surface area (Å²) < 4.78 is 1.69. The molecule has 25 heavy (non-hydrogen) atoms. The summed E-state index contributed by atoms with van der Waals surface area (Å²) in [7, 11) is 0. The minimum Gasteiger partial charge on any atom is -0.351 e. The SMILES string of the molecule is O=C(Nc1nc2c(s1)C(=O)NCCC2)c1cccc(-n2cccn2)c1. The number of thiazole rings is 1. The van der Waals surface area contributed by atoms with Crippen molar-refractivity contribution in [3.8, 4) is 5.69 Å². The van der Waals surface area contributed by atoms with E-state index in [0.29, 0.717) is 22.1 Å². The number of hydrogen-bond donors (Lipinski definition) is 2. The Labute approximate surface area is 147 Å². The first-order chi connectivity index (χ1) is 12.2. The maximum absolute atomic E-state index is 12.5. The van der Waals surface area contributed by atoms with Crippen molar-refractivity contribution >= 4 is 28.3 Å². The van der Waals surface area contributed by atoms with E-state index in [-0.39, 0.29) is 11.8 Å². The monoisotopic (exact) mass is 353 g/mol. The van der Waals surface area contributed by atoms with Gasteiger partial charge < -0.3 is 5.32 Å². The lowest BCUT2D eigenvalue weighted by Gasteiger charge is -2.05. The van der Waals surface area contributed by atoms with Crippen LogP contribution in [-0.4, -0.2) is 33.1 Å². The van der Waals surface area contributed by atoms with Crippen molar-refractivity contribution in [1.82, 2.24) is 20.1 Å². The number of rotatable bonds is 3. The number of aryl methyl sites for hydroxylation is 1. The van der Waals surface area contributed by atoms with Gasteiger partial charge in [0.25, 0.3) is 11.8 Å². The van der Waals surface area contributed by atoms with Crippen molar-refractivity contribution in [1.29, 1.82) is 0 Å². The Hall–Kier alpha value is -3.00. The van der Waals surface area contributed by atoms with Crippen molar-refractivity contribution in [2.24, 2.45) is 0 Å². The molecular formula is C17H15N5O2S. The van der Waals surface area contributed by atoms with Gasteiger partial charge in [-0.15, -0.1) is 0 Å². The lowest BCUT2D eigenvalue weighted by atomic mass is 10.2. The minimum atomic E-state index is -0.265. The first-order valence-electron chi connectivity index (χ1n) is 7.90. The summed E-state index contributed by atoms with van der Waals surface area (Å²) in [6.07, 6.45) is 5.07. The quantitative estimate of drug-likeness (QED) is 0.756. The second kappa shape index (κ2) is 6.48. The van der Waals surface area contributed by atoms with Crippen LogP contribution in [0.15, 0.2) is 42.7 Å². The minimum absolute atomic E-state index is 0.119. The molecule has 0 fully saturated rings. The Balaban J connectivity index is 1.56. The predicted octanol–water partition coefficient (Wildman–Crippen LogP) is 2.26. The molecule has 1 aromatic carbocycles. The van der Waals surface area contributed by atoms with Gasteiger partial charge in [0.05, 0.1) is 11.4 Å². The summed E-state index contributed by atoms with van der Waals surface area (Å²) in [6.45, 7) is 0.657. The number of aromatic nitrogens is 3. The molecule has 3 aromatic rings. The van der Waals surface area contributed by atoms with E-state index in [1.807, 2.05) is 18.3 Å². The van der Waals surface area contributed by atoms with Crippen molar-refractivity contribution in [2.45, 2.75) is 12.8 Å². The molecule has 1 aliphatic heterocycles. The van der Waals surface area contributed by atoms with Gasteiger partial charge in [0.1, 0.15) is 4.88 Å². The molecule has 0 bridgehead atoms. The molecule has 0 saturated carbocycles. The van der Waals surface area contributed by atoms with Gasteiger partial charge in [-0.2, -0.15) is 5.10 Å². The number of nitrogens with one attached hydrogen (secondary N) is 2. The van der Waals surface area contributed by atoms with Gasteiger partial charge in [-0.1, -0.05) is 17.4 Å². The summed E-state index contributed by atoms with van der Waals surface area (Å²) in [5, 5.41) is 10.2. The first kappa shape index (κ1) is 15.5. The Morgan fingerprint density at radius 2 is 2.24 bits per heavy atom. The molecule has 0 unspecified atom stereocenters. The molecule has 7 nitrogen and oxygen atoms in total. The third-order valence-corrected chi connectivity index (χ3v) is 4.89. The molecule has 3 heterocycles. The van der Waals surface area contributed by atoms with Crippen LogP contribution in [0.4, 0.5) is 5.13 Å². The highest BCUT2D eigenvalue weighted by molar-refractivity contribution is 7.17. The fraction of sp³-hybridized carbons (Fsp3) is 0.176. The van der Waals surface area contributed by atoms with E-state index >= 15 is 0 Å². The van der Waals surface area contributed by atoms with Crippen LogP contribution >= 0.6 is 11.3 Å². The molecule has 126 valence electrons. The smallest absolute Gasteiger partial charge is 0.263 e. The molecule has 0 saturated heterocycles. The van der Waals surface area contributed by atoms with Gasteiger partial charge in [0.2, 0.25) is 0 Å². The third-order valence-electron chi connectivity index (χ3n) is 3.88. The molecule has 0 spiro atoms. The topological polar surface area (TPSA) is 88.9 Å². The van der Waals surface area contributed by atoms with Crippen LogP contribution in [0.1, 0.15) is 32.1 Å². The van der Waals surface area contributed by atoms with Crippen LogP contribution in [0.25, 0.3) is 5.69 Å². The second-order valence-electron chi connectivity index (χ2n) is 5.61. The van der Waals surface area contributed by atoms with E-state index in [1.165, 1.54) is 11.3 Å². The summed E-state index contributed by atoms with van der Waals surface area (Å²) in [4.78, 5) is 29.5. The average molecular weight is 353 g/mol. The molecule has 0 aliphatic carbocycles. The maximum Gasteiger partial charge on any atom is 0.263 e. The molecule has 4 rings (SSSR count). The largest absolute Gasteiger partial charge is 0.351 e. The molecule has 1 aliphatic rings. The van der Waals surface area contributed by atoms with Crippen LogP contribution in [0.3, 0.4) is 0 Å². The molecular weight excluding hydrogens is 338 g/mol. The first-order valence-corrected chi connectivity index (χ1v) is 8.72. The number of carbonyl (C=O) groups is 2.